The molecule has 0 bridgehead atoms. The minimum absolute atomic E-state index is 0.0642. The largest absolute Gasteiger partial charge is 0.399 e. The fraction of sp³-hybridized carbons (Fsp3) is 0.0833. The van der Waals surface area contributed by atoms with Crippen LogP contribution in [0.1, 0.15) is 5.56 Å². The van der Waals surface area contributed by atoms with Crippen LogP contribution in [0.5, 0.6) is 0 Å². The Morgan fingerprint density at radius 2 is 1.89 bits per heavy atom. The van der Waals surface area contributed by atoms with Gasteiger partial charge in [0.25, 0.3) is 0 Å². The van der Waals surface area contributed by atoms with Gasteiger partial charge in [0.15, 0.2) is 0 Å². The molecular weight excluding hydrogens is 269 g/mol. The van der Waals surface area contributed by atoms with Crippen LogP contribution in [-0.2, 0) is 16.6 Å². The van der Waals surface area contributed by atoms with E-state index in [0.29, 0.717) is 0 Å². The summed E-state index contributed by atoms with van der Waals surface area (Å²) in [7, 11) is -3.91. The zero-order chi connectivity index (χ0) is 13.9. The first-order valence-electron chi connectivity index (χ1n) is 5.42. The quantitative estimate of drug-likeness (QED) is 0.827. The Bertz CT molecular complexity index is 675. The zero-order valence-corrected chi connectivity index (χ0v) is 10.7. The number of nitrogen functional groups attached to an aromatic ring is 1. The number of nitrogens with two attached hydrogens (primary N) is 1. The fourth-order valence-electron chi connectivity index (χ4n) is 1.49. The van der Waals surface area contributed by atoms with Gasteiger partial charge in [0, 0.05) is 24.6 Å². The molecule has 100 valence electrons. The van der Waals surface area contributed by atoms with Crippen molar-refractivity contribution < 1.29 is 12.8 Å². The number of aromatic nitrogens is 1. The second-order valence-electron chi connectivity index (χ2n) is 3.87. The van der Waals surface area contributed by atoms with E-state index in [2.05, 4.69) is 9.71 Å². The molecule has 0 spiro atoms. The highest BCUT2D eigenvalue weighted by Gasteiger charge is 2.18. The summed E-state index contributed by atoms with van der Waals surface area (Å²) in [5.74, 6) is -0.873. The third-order valence-electron chi connectivity index (χ3n) is 2.46. The van der Waals surface area contributed by atoms with Crippen molar-refractivity contribution >= 4 is 15.7 Å². The third kappa shape index (κ3) is 3.27. The zero-order valence-electron chi connectivity index (χ0n) is 9.88. The van der Waals surface area contributed by atoms with Crippen LogP contribution in [0.2, 0.25) is 0 Å². The lowest BCUT2D eigenvalue weighted by Crippen LogP contribution is -2.24. The number of hydrogen-bond donors (Lipinski definition) is 2. The average Bonchev–Trinajstić information content (AvgIpc) is 2.37. The highest BCUT2D eigenvalue weighted by Crippen LogP contribution is 2.17. The van der Waals surface area contributed by atoms with Crippen molar-refractivity contribution in [3.8, 4) is 0 Å². The topological polar surface area (TPSA) is 85.1 Å². The third-order valence-corrected chi connectivity index (χ3v) is 3.90. The molecule has 0 saturated heterocycles. The Morgan fingerprint density at radius 1 is 1.21 bits per heavy atom. The second kappa shape index (κ2) is 5.33. The highest BCUT2D eigenvalue weighted by atomic mass is 32.2. The molecule has 0 saturated carbocycles. The Morgan fingerprint density at radius 3 is 2.53 bits per heavy atom. The van der Waals surface area contributed by atoms with Crippen LogP contribution >= 0.6 is 0 Å². The van der Waals surface area contributed by atoms with Gasteiger partial charge in [-0.25, -0.2) is 17.5 Å². The lowest BCUT2D eigenvalue weighted by Gasteiger charge is -2.08. The van der Waals surface area contributed by atoms with Crippen molar-refractivity contribution in [2.24, 2.45) is 0 Å². The second-order valence-corrected chi connectivity index (χ2v) is 5.61. The van der Waals surface area contributed by atoms with Crippen LogP contribution in [0, 0.1) is 5.82 Å². The number of sulfonamides is 1. The van der Waals surface area contributed by atoms with Crippen molar-refractivity contribution in [1.82, 2.24) is 9.71 Å². The van der Waals surface area contributed by atoms with E-state index in [4.69, 9.17) is 5.73 Å². The van der Waals surface area contributed by atoms with Gasteiger partial charge >= 0.3 is 0 Å². The van der Waals surface area contributed by atoms with Crippen molar-refractivity contribution in [2.75, 3.05) is 5.73 Å². The molecule has 3 N–H and O–H groups in total. The number of hydrogen-bond acceptors (Lipinski definition) is 4. The van der Waals surface area contributed by atoms with Gasteiger partial charge < -0.3 is 5.73 Å². The van der Waals surface area contributed by atoms with Crippen molar-refractivity contribution in [1.29, 1.82) is 0 Å². The number of rotatable bonds is 4. The molecule has 0 atom stereocenters. The molecule has 0 unspecified atom stereocenters. The Kier molecular flexibility index (Phi) is 3.77. The summed E-state index contributed by atoms with van der Waals surface area (Å²) < 4.78 is 39.7. The van der Waals surface area contributed by atoms with Crippen molar-refractivity contribution in [2.45, 2.75) is 11.4 Å². The Hall–Kier alpha value is -1.99. The molecule has 0 radical (unpaired) electrons. The van der Waals surface area contributed by atoms with Crippen LogP contribution in [0.25, 0.3) is 0 Å². The summed E-state index contributed by atoms with van der Waals surface area (Å²) in [5, 5.41) is 0. The molecule has 1 heterocycles. The smallest absolute Gasteiger partial charge is 0.243 e. The normalized spacial score (nSPS) is 11.4. The SMILES string of the molecule is Nc1ccc(S(=O)(=O)NCc2ccncc2)c(F)c1. The lowest BCUT2D eigenvalue weighted by molar-refractivity contribution is 0.557. The fourth-order valence-corrected chi connectivity index (χ4v) is 2.57. The van der Waals surface area contributed by atoms with E-state index < -0.39 is 20.7 Å². The van der Waals surface area contributed by atoms with E-state index in [1.165, 1.54) is 6.07 Å². The van der Waals surface area contributed by atoms with Gasteiger partial charge in [-0.3, -0.25) is 4.98 Å². The Labute approximate surface area is 110 Å². The molecule has 0 aliphatic carbocycles. The predicted octanol–water partition coefficient (Wildman–Crippen LogP) is 1.28. The van der Waals surface area contributed by atoms with Gasteiger partial charge in [-0.15, -0.1) is 0 Å². The monoisotopic (exact) mass is 281 g/mol. The maximum Gasteiger partial charge on any atom is 0.243 e. The lowest BCUT2D eigenvalue weighted by atomic mass is 10.3. The predicted molar refractivity (Wildman–Crippen MR) is 69.1 cm³/mol. The molecule has 7 heteroatoms. The molecule has 2 aromatic rings. The summed E-state index contributed by atoms with van der Waals surface area (Å²) in [5.41, 5.74) is 6.28. The number of nitrogens with zero attached hydrogens (tertiary/aromatic N) is 1. The summed E-state index contributed by atoms with van der Waals surface area (Å²) in [6.45, 7) is 0.0642. The maximum absolute atomic E-state index is 13.6. The van der Waals surface area contributed by atoms with E-state index in [9.17, 15) is 12.8 Å². The van der Waals surface area contributed by atoms with Crippen LogP contribution in [0.15, 0.2) is 47.6 Å². The van der Waals surface area contributed by atoms with E-state index in [1.54, 1.807) is 24.5 Å². The number of nitrogens with one attached hydrogen (secondary N) is 1. The highest BCUT2D eigenvalue weighted by molar-refractivity contribution is 7.89. The van der Waals surface area contributed by atoms with E-state index >= 15 is 0 Å². The number of halogens is 1. The molecule has 0 aliphatic heterocycles. The average molecular weight is 281 g/mol. The van der Waals surface area contributed by atoms with Gasteiger partial charge in [-0.05, 0) is 35.9 Å². The number of anilines is 1. The molecule has 0 amide bonds. The maximum atomic E-state index is 13.6. The van der Waals surface area contributed by atoms with Crippen molar-refractivity contribution in [3.05, 3.63) is 54.1 Å². The van der Waals surface area contributed by atoms with E-state index in [0.717, 1.165) is 17.7 Å². The van der Waals surface area contributed by atoms with Gasteiger partial charge in [0.05, 0.1) is 0 Å². The van der Waals surface area contributed by atoms with Gasteiger partial charge in [-0.1, -0.05) is 0 Å². The molecule has 1 aromatic heterocycles. The summed E-state index contributed by atoms with van der Waals surface area (Å²) in [6.07, 6.45) is 3.10. The molecule has 0 aliphatic rings. The van der Waals surface area contributed by atoms with Crippen LogP contribution in [0.4, 0.5) is 10.1 Å². The minimum atomic E-state index is -3.91. The van der Waals surface area contributed by atoms with Gasteiger partial charge in [0.2, 0.25) is 10.0 Å². The van der Waals surface area contributed by atoms with Crippen LogP contribution < -0.4 is 10.5 Å². The van der Waals surface area contributed by atoms with Crippen LogP contribution in [0.3, 0.4) is 0 Å². The van der Waals surface area contributed by atoms with Gasteiger partial charge in [0.1, 0.15) is 10.7 Å². The Balaban J connectivity index is 2.19. The van der Waals surface area contributed by atoms with Crippen molar-refractivity contribution in [3.63, 3.8) is 0 Å². The first-order valence-corrected chi connectivity index (χ1v) is 6.91. The van der Waals surface area contributed by atoms with E-state index in [-0.39, 0.29) is 12.2 Å². The first kappa shape index (κ1) is 13.4. The molecule has 5 nitrogen and oxygen atoms in total. The standard InChI is InChI=1S/C12H12FN3O2S/c13-11-7-10(14)1-2-12(11)19(17,18)16-8-9-3-5-15-6-4-9/h1-7,16H,8,14H2. The summed E-state index contributed by atoms with van der Waals surface area (Å²) in [4.78, 5) is 3.40. The molecule has 0 fully saturated rings. The van der Waals surface area contributed by atoms with E-state index in [1.807, 2.05) is 0 Å². The number of pyridine rings is 1. The van der Waals surface area contributed by atoms with Gasteiger partial charge in [-0.2, -0.15) is 0 Å². The molecule has 19 heavy (non-hydrogen) atoms. The first-order chi connectivity index (χ1) is 8.99. The summed E-state index contributed by atoms with van der Waals surface area (Å²) in [6, 6.07) is 6.79. The minimum Gasteiger partial charge on any atom is -0.399 e. The van der Waals surface area contributed by atoms with Crippen LogP contribution in [-0.4, -0.2) is 13.4 Å². The molecule has 1 aromatic carbocycles. The molecular formula is C12H12FN3O2S. The number of benzene rings is 1. The molecule has 2 rings (SSSR count). The summed E-state index contributed by atoms with van der Waals surface area (Å²) >= 11 is 0.